The van der Waals surface area contributed by atoms with E-state index in [1.807, 2.05) is 33.8 Å². The fraction of sp³-hybridized carbons (Fsp3) is 0.565. The zero-order chi connectivity index (χ0) is 46.3. The van der Waals surface area contributed by atoms with E-state index in [0.29, 0.717) is 18.4 Å². The van der Waals surface area contributed by atoms with Crippen LogP contribution in [-0.4, -0.2) is 83.0 Å². The van der Waals surface area contributed by atoms with Crippen LogP contribution in [0.1, 0.15) is 80.7 Å². The Bertz CT molecular complexity index is 1800. The van der Waals surface area contributed by atoms with Crippen LogP contribution in [0.5, 0.6) is 0 Å². The normalized spacial score (nSPS) is 29.8. The number of nitrogens with zero attached hydrogens (tertiary/aromatic N) is 1. The second-order valence-corrected chi connectivity index (χ2v) is 15.9. The number of esters is 1. The van der Waals surface area contributed by atoms with Crippen LogP contribution < -0.4 is 0 Å². The number of aliphatic hydroxyl groups excluding tert-OH is 4. The van der Waals surface area contributed by atoms with E-state index in [-0.39, 0.29) is 17.4 Å². The lowest BCUT2D eigenvalue weighted by Crippen LogP contribution is -2.45. The van der Waals surface area contributed by atoms with Gasteiger partial charge in [0.05, 0.1) is 42.8 Å². The van der Waals surface area contributed by atoms with E-state index in [2.05, 4.69) is 5.16 Å². The van der Waals surface area contributed by atoms with Crippen molar-refractivity contribution in [3.63, 3.8) is 0 Å². The zero-order valence-corrected chi connectivity index (χ0v) is 36.9. The van der Waals surface area contributed by atoms with Gasteiger partial charge in [-0.2, -0.15) is 0 Å². The van der Waals surface area contributed by atoms with Crippen LogP contribution in [0.3, 0.4) is 0 Å². The summed E-state index contributed by atoms with van der Waals surface area (Å²) in [5, 5.41) is 49.0. The molecule has 0 spiro atoms. The molecule has 12 unspecified atom stereocenters. The fourth-order valence-corrected chi connectivity index (χ4v) is 7.24. The standard InChI is InChI=1S/C46H64F5NO9/c1-12-15-34(53)26(5)18-19-33(52-60-23-32-37(47)39(49)41(51)40(50)38(32)48)29(8)44(56)30(9)45-35(58-10)17-14-16-24(3)20-27(6)42(54)31(13-2)43(55)28(7)21-25(4)22-36(59-11)46(57)61-45/h12,14-19,21-22,26-31,34-35,42-45,53-56H,13,20,23H2,1-11H3/b15-12+,17-14+,19-18+,24-16+,25-21+,36-22-,52-33+. The highest BCUT2D eigenvalue weighted by Crippen LogP contribution is 2.31. The lowest BCUT2D eigenvalue weighted by atomic mass is 9.79. The summed E-state index contributed by atoms with van der Waals surface area (Å²) in [6, 6.07) is 0. The molecule has 0 saturated carbocycles. The van der Waals surface area contributed by atoms with Crippen molar-refractivity contribution >= 4 is 11.7 Å². The molecule has 61 heavy (non-hydrogen) atoms. The molecule has 15 heteroatoms. The molecule has 2 rings (SSSR count). The summed E-state index contributed by atoms with van der Waals surface area (Å²) in [5.74, 6) is -15.5. The van der Waals surface area contributed by atoms with Crippen molar-refractivity contribution in [2.45, 2.75) is 118 Å². The van der Waals surface area contributed by atoms with Crippen LogP contribution in [0.15, 0.2) is 76.7 Å². The maximum atomic E-state index is 14.5. The number of cyclic esters (lactones) is 1. The third kappa shape index (κ3) is 14.5. The van der Waals surface area contributed by atoms with Gasteiger partial charge in [0.1, 0.15) is 18.8 Å². The lowest BCUT2D eigenvalue weighted by molar-refractivity contribution is -0.161. The molecule has 0 radical (unpaired) electrons. The number of aliphatic hydroxyl groups is 4. The molecule has 1 aromatic rings. The number of hydrogen-bond acceptors (Lipinski definition) is 10. The number of carbonyl (C=O) groups is 1. The maximum absolute atomic E-state index is 14.5. The van der Waals surface area contributed by atoms with Gasteiger partial charge in [0, 0.05) is 36.7 Å². The van der Waals surface area contributed by atoms with E-state index < -0.39 is 113 Å². The highest BCUT2D eigenvalue weighted by Gasteiger charge is 2.38. The molecule has 0 aliphatic carbocycles. The maximum Gasteiger partial charge on any atom is 0.373 e. The molecule has 0 bridgehead atoms. The Kier molecular flexibility index (Phi) is 21.8. The summed E-state index contributed by atoms with van der Waals surface area (Å²) in [4.78, 5) is 19.0. The van der Waals surface area contributed by atoms with E-state index in [4.69, 9.17) is 19.0 Å². The van der Waals surface area contributed by atoms with Crippen LogP contribution in [-0.2, 0) is 30.4 Å². The molecule has 1 aliphatic heterocycles. The van der Waals surface area contributed by atoms with Gasteiger partial charge in [-0.15, -0.1) is 0 Å². The SMILES string of the molecule is C/C=C/C(O)C(C)/C=C/C(=N\OCc1c(F)c(F)c(F)c(F)c1F)C(C)C(O)C(C)C1OC(=O)/C(OC)=C/C(C)=C/C(C)C(O)C(CC)C(O)C(C)C/C(C)=C/C=C/C1OC. The Morgan fingerprint density at radius 1 is 0.967 bits per heavy atom. The highest BCUT2D eigenvalue weighted by atomic mass is 19.2. The van der Waals surface area contributed by atoms with Crippen molar-refractivity contribution in [3.8, 4) is 0 Å². The van der Waals surface area contributed by atoms with E-state index in [1.165, 1.54) is 45.4 Å². The number of methoxy groups -OCH3 is 2. The van der Waals surface area contributed by atoms with Gasteiger partial charge in [-0.25, -0.2) is 26.7 Å². The van der Waals surface area contributed by atoms with Crippen molar-refractivity contribution < 1.29 is 66.2 Å². The first kappa shape index (κ1) is 53.0. The summed E-state index contributed by atoms with van der Waals surface area (Å²) in [6.07, 6.45) is 9.19. The molecule has 1 aliphatic rings. The van der Waals surface area contributed by atoms with E-state index in [9.17, 15) is 47.2 Å². The Hall–Kier alpha value is -4.15. The third-order valence-corrected chi connectivity index (χ3v) is 11.2. The fourth-order valence-electron chi connectivity index (χ4n) is 7.24. The first-order chi connectivity index (χ1) is 28.7. The van der Waals surface area contributed by atoms with Gasteiger partial charge in [0.2, 0.25) is 11.6 Å². The lowest BCUT2D eigenvalue weighted by Gasteiger charge is -2.34. The molecule has 0 aromatic heterocycles. The summed E-state index contributed by atoms with van der Waals surface area (Å²) in [7, 11) is 2.67. The third-order valence-electron chi connectivity index (χ3n) is 11.2. The molecular weight excluding hydrogens is 805 g/mol. The van der Waals surface area contributed by atoms with Gasteiger partial charge in [0.25, 0.3) is 0 Å². The second-order valence-electron chi connectivity index (χ2n) is 15.9. The topological polar surface area (TPSA) is 147 Å². The summed E-state index contributed by atoms with van der Waals surface area (Å²) < 4.78 is 87.8. The summed E-state index contributed by atoms with van der Waals surface area (Å²) in [6.45, 7) is 14.6. The van der Waals surface area contributed by atoms with Crippen LogP contribution >= 0.6 is 0 Å². The molecule has 0 saturated heterocycles. The number of benzene rings is 1. The van der Waals surface area contributed by atoms with Crippen molar-refractivity contribution in [1.29, 1.82) is 0 Å². The zero-order valence-electron chi connectivity index (χ0n) is 36.9. The number of oxime groups is 1. The van der Waals surface area contributed by atoms with Crippen LogP contribution in [0.2, 0.25) is 0 Å². The van der Waals surface area contributed by atoms with Gasteiger partial charge in [-0.05, 0) is 51.7 Å². The molecular formula is C46H64F5NO9. The molecule has 1 heterocycles. The van der Waals surface area contributed by atoms with Crippen molar-refractivity contribution in [3.05, 3.63) is 106 Å². The Balaban J connectivity index is 2.69. The Labute approximate surface area is 356 Å². The number of halogens is 5. The Morgan fingerprint density at radius 2 is 1.57 bits per heavy atom. The van der Waals surface area contributed by atoms with Crippen molar-refractivity contribution in [2.24, 2.45) is 40.7 Å². The van der Waals surface area contributed by atoms with Crippen molar-refractivity contribution in [2.75, 3.05) is 14.2 Å². The second kappa shape index (κ2) is 25.1. The number of carbonyl (C=O) groups excluding carboxylic acids is 1. The first-order valence-electron chi connectivity index (χ1n) is 20.4. The quantitative estimate of drug-likeness (QED) is 0.0276. The number of allylic oxidation sites excluding steroid dienone is 7. The minimum absolute atomic E-state index is 0.0616. The summed E-state index contributed by atoms with van der Waals surface area (Å²) in [5.41, 5.74) is 0.137. The number of hydrogen-bond donors (Lipinski definition) is 4. The predicted molar refractivity (Wildman–Crippen MR) is 223 cm³/mol. The Morgan fingerprint density at radius 3 is 2.13 bits per heavy atom. The van der Waals surface area contributed by atoms with Gasteiger partial charge < -0.3 is 39.5 Å². The molecule has 342 valence electrons. The molecule has 0 amide bonds. The molecule has 0 fully saturated rings. The van der Waals surface area contributed by atoms with E-state index in [1.54, 1.807) is 52.0 Å². The predicted octanol–water partition coefficient (Wildman–Crippen LogP) is 8.35. The average molecular weight is 870 g/mol. The average Bonchev–Trinajstić information content (AvgIpc) is 3.23. The van der Waals surface area contributed by atoms with Crippen LogP contribution in [0.4, 0.5) is 22.0 Å². The molecule has 10 nitrogen and oxygen atoms in total. The first-order valence-corrected chi connectivity index (χ1v) is 20.4. The van der Waals surface area contributed by atoms with Gasteiger partial charge in [-0.3, -0.25) is 0 Å². The molecule has 12 atom stereocenters. The van der Waals surface area contributed by atoms with Gasteiger partial charge in [0.15, 0.2) is 23.3 Å². The van der Waals surface area contributed by atoms with Gasteiger partial charge in [-0.1, -0.05) is 100 Å². The highest BCUT2D eigenvalue weighted by molar-refractivity contribution is 5.96. The summed E-state index contributed by atoms with van der Waals surface area (Å²) >= 11 is 0. The molecule has 4 N–H and O–H groups in total. The van der Waals surface area contributed by atoms with Crippen LogP contribution in [0, 0.1) is 64.6 Å². The van der Waals surface area contributed by atoms with E-state index in [0.717, 1.165) is 5.57 Å². The molecule has 1 aromatic carbocycles. The largest absolute Gasteiger partial charge is 0.490 e. The smallest absolute Gasteiger partial charge is 0.373 e. The monoisotopic (exact) mass is 869 g/mol. The minimum Gasteiger partial charge on any atom is -0.490 e. The minimum atomic E-state index is -2.33. The van der Waals surface area contributed by atoms with Gasteiger partial charge >= 0.3 is 5.97 Å². The van der Waals surface area contributed by atoms with Crippen LogP contribution in [0.25, 0.3) is 0 Å². The number of ether oxygens (including phenoxy) is 3. The van der Waals surface area contributed by atoms with E-state index >= 15 is 0 Å². The number of rotatable bonds is 14. The van der Waals surface area contributed by atoms with Crippen molar-refractivity contribution in [1.82, 2.24) is 0 Å².